The highest BCUT2D eigenvalue weighted by Gasteiger charge is 2.71. The highest BCUT2D eigenvalue weighted by Crippen LogP contribution is 2.49. The van der Waals surface area contributed by atoms with E-state index in [0.717, 1.165) is 12.1 Å². The van der Waals surface area contributed by atoms with Crippen LogP contribution in [0, 0.1) is 13.8 Å². The van der Waals surface area contributed by atoms with Crippen LogP contribution in [-0.4, -0.2) is 37.3 Å². The Morgan fingerprint density at radius 3 is 1.88 bits per heavy atom. The van der Waals surface area contributed by atoms with E-state index in [1.54, 1.807) is 11.9 Å². The van der Waals surface area contributed by atoms with Gasteiger partial charge < -0.3 is 15.7 Å². The van der Waals surface area contributed by atoms with Gasteiger partial charge in [-0.15, -0.1) is 0 Å². The van der Waals surface area contributed by atoms with Gasteiger partial charge in [0, 0.05) is 24.8 Å². The minimum atomic E-state index is -6.13. The lowest BCUT2D eigenvalue weighted by molar-refractivity contribution is -0.390. The zero-order valence-corrected chi connectivity index (χ0v) is 13.5. The number of rotatable bonds is 6. The Morgan fingerprint density at radius 2 is 1.50 bits per heavy atom. The molecular weight excluding hydrogens is 338 g/mol. The van der Waals surface area contributed by atoms with Gasteiger partial charge >= 0.3 is 18.0 Å². The summed E-state index contributed by atoms with van der Waals surface area (Å²) >= 11 is 0. The first kappa shape index (κ1) is 20.6. The molecule has 0 aliphatic heterocycles. The Labute approximate surface area is 136 Å². The maximum Gasteiger partial charge on any atom is 0.455 e. The third-order valence-corrected chi connectivity index (χ3v) is 3.72. The molecular formula is C15H20F6N2O. The molecule has 0 saturated heterocycles. The molecule has 0 radical (unpaired) electrons. The monoisotopic (exact) mass is 358 g/mol. The van der Waals surface area contributed by atoms with Gasteiger partial charge in [0.25, 0.3) is 0 Å². The quantitative estimate of drug-likeness (QED) is 0.767. The summed E-state index contributed by atoms with van der Waals surface area (Å²) in [6.07, 6.45) is -5.50. The van der Waals surface area contributed by atoms with Gasteiger partial charge in [-0.2, -0.15) is 26.3 Å². The molecule has 1 unspecified atom stereocenters. The summed E-state index contributed by atoms with van der Waals surface area (Å²) in [5.74, 6) is -10.8. The predicted octanol–water partition coefficient (Wildman–Crippen LogP) is 3.40. The van der Waals surface area contributed by atoms with Crippen LogP contribution >= 0.6 is 0 Å². The largest absolute Gasteiger partial charge is 0.455 e. The fourth-order valence-corrected chi connectivity index (χ4v) is 2.55. The van der Waals surface area contributed by atoms with Crippen LogP contribution in [0.4, 0.5) is 32.0 Å². The van der Waals surface area contributed by atoms with Crippen LogP contribution < -0.4 is 10.6 Å². The first-order valence-electron chi connectivity index (χ1n) is 7.16. The smallest absolute Gasteiger partial charge is 0.374 e. The molecule has 1 rings (SSSR count). The summed E-state index contributed by atoms with van der Waals surface area (Å²) in [7, 11) is 1.68. The Kier molecular flexibility index (Phi) is 5.82. The zero-order valence-electron chi connectivity index (χ0n) is 13.5. The summed E-state index contributed by atoms with van der Waals surface area (Å²) in [5, 5.41) is 8.74. The van der Waals surface area contributed by atoms with Crippen molar-refractivity contribution >= 4 is 5.69 Å². The average molecular weight is 358 g/mol. The van der Waals surface area contributed by atoms with Crippen molar-refractivity contribution in [2.75, 3.05) is 25.0 Å². The van der Waals surface area contributed by atoms with E-state index in [2.05, 4.69) is 0 Å². The second-order valence-corrected chi connectivity index (χ2v) is 5.72. The fourth-order valence-electron chi connectivity index (χ4n) is 2.55. The SMILES string of the molecule is Cc1cc(C(F)(F)C(O)(F)C(F)(F)F)cc(C)c1N(C)CCCN. The fraction of sp³-hybridized carbons (Fsp3) is 0.600. The van der Waals surface area contributed by atoms with E-state index < -0.39 is 23.5 Å². The van der Waals surface area contributed by atoms with Gasteiger partial charge in [-0.05, 0) is 50.1 Å². The van der Waals surface area contributed by atoms with Crippen LogP contribution in [0.1, 0.15) is 23.1 Å². The van der Waals surface area contributed by atoms with Crippen molar-refractivity contribution in [3.8, 4) is 0 Å². The number of hydrogen-bond donors (Lipinski definition) is 2. The van der Waals surface area contributed by atoms with Gasteiger partial charge in [0.05, 0.1) is 0 Å². The van der Waals surface area contributed by atoms with Crippen LogP contribution in [0.5, 0.6) is 0 Å². The third-order valence-electron chi connectivity index (χ3n) is 3.72. The molecule has 138 valence electrons. The number of benzene rings is 1. The van der Waals surface area contributed by atoms with E-state index in [1.807, 2.05) is 0 Å². The molecule has 9 heteroatoms. The summed E-state index contributed by atoms with van der Waals surface area (Å²) in [6, 6.07) is 1.50. The lowest BCUT2D eigenvalue weighted by Gasteiger charge is -2.32. The topological polar surface area (TPSA) is 49.5 Å². The standard InChI is InChI=1S/C15H20F6N2O/c1-9-7-11(13(16,17)14(18,24)15(19,20)21)8-10(2)12(9)23(3)6-4-5-22/h7-8,24H,4-6,22H2,1-3H3. The number of anilines is 1. The number of nitrogens with zero attached hydrogens (tertiary/aromatic N) is 1. The molecule has 1 aromatic rings. The summed E-state index contributed by atoms with van der Waals surface area (Å²) in [4.78, 5) is 1.73. The highest BCUT2D eigenvalue weighted by molar-refractivity contribution is 5.60. The van der Waals surface area contributed by atoms with Gasteiger partial charge in [-0.3, -0.25) is 0 Å². The van der Waals surface area contributed by atoms with Crippen LogP contribution in [0.15, 0.2) is 12.1 Å². The van der Waals surface area contributed by atoms with E-state index in [0.29, 0.717) is 25.2 Å². The minimum absolute atomic E-state index is 0.238. The second kappa shape index (κ2) is 6.79. The van der Waals surface area contributed by atoms with Crippen molar-refractivity contribution < 1.29 is 31.4 Å². The molecule has 0 aromatic heterocycles. The summed E-state index contributed by atoms with van der Waals surface area (Å²) < 4.78 is 78.6. The van der Waals surface area contributed by atoms with E-state index in [1.165, 1.54) is 13.8 Å². The maximum atomic E-state index is 14.0. The molecule has 0 aliphatic rings. The number of hydrogen-bond acceptors (Lipinski definition) is 3. The molecule has 0 heterocycles. The molecule has 1 atom stereocenters. The molecule has 3 nitrogen and oxygen atoms in total. The number of alkyl halides is 6. The first-order chi connectivity index (χ1) is 10.8. The Bertz CT molecular complexity index is 563. The maximum absolute atomic E-state index is 14.0. The predicted molar refractivity (Wildman–Crippen MR) is 78.9 cm³/mol. The summed E-state index contributed by atoms with van der Waals surface area (Å²) in [5.41, 5.74) is 5.17. The normalized spacial score (nSPS) is 15.3. The van der Waals surface area contributed by atoms with Gasteiger partial charge in [-0.1, -0.05) is 0 Å². The molecule has 3 N–H and O–H groups in total. The molecule has 0 aliphatic carbocycles. The van der Waals surface area contributed by atoms with Crippen molar-refractivity contribution in [1.82, 2.24) is 0 Å². The van der Waals surface area contributed by atoms with Crippen LogP contribution in [0.3, 0.4) is 0 Å². The molecule has 0 amide bonds. The zero-order chi connectivity index (χ0) is 18.9. The Hall–Kier alpha value is -1.48. The second-order valence-electron chi connectivity index (χ2n) is 5.72. The van der Waals surface area contributed by atoms with E-state index in [4.69, 9.17) is 10.8 Å². The van der Waals surface area contributed by atoms with E-state index >= 15 is 0 Å². The van der Waals surface area contributed by atoms with Crippen LogP contribution in [-0.2, 0) is 5.92 Å². The minimum Gasteiger partial charge on any atom is -0.374 e. The molecule has 0 spiro atoms. The molecule has 24 heavy (non-hydrogen) atoms. The Morgan fingerprint density at radius 1 is 1.04 bits per heavy atom. The summed E-state index contributed by atoms with van der Waals surface area (Å²) in [6.45, 7) is 3.78. The molecule has 1 aromatic carbocycles. The van der Waals surface area contributed by atoms with Gasteiger partial charge in [-0.25, -0.2) is 0 Å². The lowest BCUT2D eigenvalue weighted by Crippen LogP contribution is -2.53. The van der Waals surface area contributed by atoms with E-state index in [9.17, 15) is 26.3 Å². The number of aliphatic hydroxyl groups is 1. The van der Waals surface area contributed by atoms with Crippen molar-refractivity contribution in [3.05, 3.63) is 28.8 Å². The number of aryl methyl sites for hydroxylation is 2. The van der Waals surface area contributed by atoms with Crippen molar-refractivity contribution in [3.63, 3.8) is 0 Å². The van der Waals surface area contributed by atoms with Gasteiger partial charge in [0.15, 0.2) is 0 Å². The van der Waals surface area contributed by atoms with Crippen molar-refractivity contribution in [2.45, 2.75) is 38.2 Å². The lowest BCUT2D eigenvalue weighted by atomic mass is 9.95. The third kappa shape index (κ3) is 3.61. The van der Waals surface area contributed by atoms with Gasteiger partial charge in [0.2, 0.25) is 0 Å². The Balaban J connectivity index is 3.34. The van der Waals surface area contributed by atoms with Crippen molar-refractivity contribution in [1.29, 1.82) is 0 Å². The molecule has 0 saturated carbocycles. The molecule has 0 fully saturated rings. The highest BCUT2D eigenvalue weighted by atomic mass is 19.4. The van der Waals surface area contributed by atoms with Crippen molar-refractivity contribution in [2.24, 2.45) is 5.73 Å². The number of halogens is 6. The first-order valence-corrected chi connectivity index (χ1v) is 7.16. The van der Waals surface area contributed by atoms with Crippen LogP contribution in [0.25, 0.3) is 0 Å². The van der Waals surface area contributed by atoms with Crippen LogP contribution in [0.2, 0.25) is 0 Å². The van der Waals surface area contributed by atoms with Gasteiger partial charge in [0.1, 0.15) is 0 Å². The molecule has 0 bridgehead atoms. The number of nitrogens with two attached hydrogens (primary N) is 1. The average Bonchev–Trinajstić information content (AvgIpc) is 2.42. The van der Waals surface area contributed by atoms with E-state index in [-0.39, 0.29) is 11.1 Å².